The van der Waals surface area contributed by atoms with E-state index in [0.717, 1.165) is 16.4 Å². The van der Waals surface area contributed by atoms with E-state index in [9.17, 15) is 14.0 Å². The van der Waals surface area contributed by atoms with Crippen LogP contribution in [0.2, 0.25) is 0 Å². The molecule has 0 atom stereocenters. The molecule has 0 aliphatic carbocycles. The van der Waals surface area contributed by atoms with Crippen molar-refractivity contribution in [3.05, 3.63) is 93.9 Å². The molecule has 1 N–H and O–H groups in total. The minimum absolute atomic E-state index is 0.131. The van der Waals surface area contributed by atoms with Gasteiger partial charge in [0.25, 0.3) is 5.91 Å². The molecule has 3 aromatic rings. The lowest BCUT2D eigenvalue weighted by Gasteiger charge is -2.08. The average molecular weight is 440 g/mol. The van der Waals surface area contributed by atoms with Crippen molar-refractivity contribution < 1.29 is 14.0 Å². The zero-order valence-electron chi connectivity index (χ0n) is 18.4. The van der Waals surface area contributed by atoms with E-state index in [0.29, 0.717) is 16.8 Å². The summed E-state index contributed by atoms with van der Waals surface area (Å²) in [4.78, 5) is 26.1. The van der Waals surface area contributed by atoms with E-state index in [4.69, 9.17) is 0 Å². The van der Waals surface area contributed by atoms with Crippen LogP contribution in [0.25, 0.3) is 0 Å². The number of rotatable bonds is 4. The van der Waals surface area contributed by atoms with E-state index >= 15 is 0 Å². The Labute approximate surface area is 190 Å². The fraction of sp³-hybridized carbons (Fsp3) is 0.115. The molecular formula is C26H21FN4O2+2. The molecule has 3 aromatic carbocycles. The first kappa shape index (κ1) is 21.7. The summed E-state index contributed by atoms with van der Waals surface area (Å²) in [6, 6.07) is 19.3. The highest BCUT2D eigenvalue weighted by Crippen LogP contribution is 2.16. The number of nitrogens with zero attached hydrogens (tertiary/aromatic N) is 3. The van der Waals surface area contributed by atoms with Crippen molar-refractivity contribution >= 4 is 29.4 Å². The highest BCUT2D eigenvalue weighted by Gasteiger charge is 2.19. The topological polar surface area (TPSA) is 66.5 Å². The molecule has 1 aliphatic rings. The van der Waals surface area contributed by atoms with E-state index in [1.807, 2.05) is 37.2 Å². The molecule has 4 rings (SSSR count). The van der Waals surface area contributed by atoms with Crippen LogP contribution in [-0.2, 0) is 0 Å². The van der Waals surface area contributed by atoms with Crippen molar-refractivity contribution in [2.45, 2.75) is 6.92 Å². The second-order valence-corrected chi connectivity index (χ2v) is 7.70. The average Bonchev–Trinajstić information content (AvgIpc) is 3.21. The van der Waals surface area contributed by atoms with Gasteiger partial charge in [0.1, 0.15) is 5.82 Å². The number of ketones is 1. The number of Topliss-reactive ketones (excluding diaryl/α,β-unsaturated/α-hetero) is 1. The lowest BCUT2D eigenvalue weighted by atomic mass is 10.1. The number of amides is 1. The van der Waals surface area contributed by atoms with Crippen LogP contribution in [0.5, 0.6) is 0 Å². The van der Waals surface area contributed by atoms with Gasteiger partial charge < -0.3 is 10.2 Å². The van der Waals surface area contributed by atoms with Crippen molar-refractivity contribution in [1.82, 2.24) is 9.24 Å². The van der Waals surface area contributed by atoms with Crippen LogP contribution in [0.3, 0.4) is 0 Å². The number of nitrogens with one attached hydrogen (secondary N) is 1. The van der Waals surface area contributed by atoms with Gasteiger partial charge in [0.15, 0.2) is 5.78 Å². The monoisotopic (exact) mass is 440 g/mol. The molecule has 33 heavy (non-hydrogen) atoms. The van der Waals surface area contributed by atoms with Crippen LogP contribution in [0.4, 0.5) is 15.8 Å². The third kappa shape index (κ3) is 4.72. The normalized spacial score (nSPS) is 11.2. The predicted molar refractivity (Wildman–Crippen MR) is 126 cm³/mol. The maximum absolute atomic E-state index is 14.4. The van der Waals surface area contributed by atoms with E-state index < -0.39 is 11.7 Å². The summed E-state index contributed by atoms with van der Waals surface area (Å²) in [5.41, 5.74) is 2.33. The van der Waals surface area contributed by atoms with Gasteiger partial charge in [-0.2, -0.15) is 0 Å². The number of fused-ring (bicyclic) bond motifs is 1. The Balaban J connectivity index is 1.60. The molecule has 0 spiro atoms. The Morgan fingerprint density at radius 2 is 1.82 bits per heavy atom. The van der Waals surface area contributed by atoms with Crippen LogP contribution in [0.1, 0.15) is 33.2 Å². The Morgan fingerprint density at radius 3 is 2.58 bits per heavy atom. The molecule has 1 aliphatic heterocycles. The maximum Gasteiger partial charge on any atom is 0.537 e. The van der Waals surface area contributed by atoms with Gasteiger partial charge in [-0.15, -0.1) is 0 Å². The van der Waals surface area contributed by atoms with E-state index in [-0.39, 0.29) is 11.3 Å². The SMILES string of the molecule is CC(=O)c1cccc(C(=O)Nc2ccc(F)c(C#C[N+]3=c4ccc(N(C)C)cc4=[N+]=C3)c2)c1. The molecule has 7 heteroatoms. The van der Waals surface area contributed by atoms with Crippen LogP contribution in [0.15, 0.2) is 60.7 Å². The molecule has 1 heterocycles. The third-order valence-corrected chi connectivity index (χ3v) is 5.11. The first-order valence-corrected chi connectivity index (χ1v) is 10.2. The van der Waals surface area contributed by atoms with Gasteiger partial charge in [0.2, 0.25) is 6.04 Å². The molecule has 0 unspecified atom stereocenters. The van der Waals surface area contributed by atoms with Crippen LogP contribution in [-0.4, -0.2) is 32.1 Å². The van der Waals surface area contributed by atoms with E-state index in [2.05, 4.69) is 21.9 Å². The summed E-state index contributed by atoms with van der Waals surface area (Å²) in [7, 11) is 3.90. The fourth-order valence-corrected chi connectivity index (χ4v) is 3.27. The quantitative estimate of drug-likeness (QED) is 0.290. The van der Waals surface area contributed by atoms with Gasteiger partial charge in [0.05, 0.1) is 11.6 Å². The summed E-state index contributed by atoms with van der Waals surface area (Å²) in [6.07, 6.45) is 1.59. The highest BCUT2D eigenvalue weighted by atomic mass is 19.1. The number of benzene rings is 3. The van der Waals surface area contributed by atoms with Crippen molar-refractivity contribution in [3.63, 3.8) is 0 Å². The largest absolute Gasteiger partial charge is 0.537 e. The number of carbonyl (C=O) groups is 2. The second kappa shape index (κ2) is 8.91. The van der Waals surface area contributed by atoms with Gasteiger partial charge in [0, 0.05) is 48.6 Å². The zero-order chi connectivity index (χ0) is 23.5. The number of hydrogen-bond acceptors (Lipinski definition) is 3. The zero-order valence-corrected chi connectivity index (χ0v) is 18.4. The van der Waals surface area contributed by atoms with E-state index in [1.54, 1.807) is 29.1 Å². The van der Waals surface area contributed by atoms with Crippen LogP contribution in [0, 0.1) is 17.8 Å². The van der Waals surface area contributed by atoms with Gasteiger partial charge in [-0.25, -0.2) is 4.39 Å². The lowest BCUT2D eigenvalue weighted by Crippen LogP contribution is -2.33. The van der Waals surface area contributed by atoms with E-state index in [1.165, 1.54) is 31.2 Å². The molecule has 0 fully saturated rings. The van der Waals surface area contributed by atoms with Crippen LogP contribution >= 0.6 is 0 Å². The molecule has 0 saturated heterocycles. The van der Waals surface area contributed by atoms with Crippen molar-refractivity contribution in [2.75, 3.05) is 24.3 Å². The van der Waals surface area contributed by atoms with Gasteiger partial charge >= 0.3 is 17.1 Å². The Kier molecular flexibility index (Phi) is 5.86. The molecule has 6 nitrogen and oxygen atoms in total. The molecule has 0 bridgehead atoms. The minimum atomic E-state index is -0.501. The van der Waals surface area contributed by atoms with Gasteiger partial charge in [-0.05, 0) is 52.6 Å². The molecular weight excluding hydrogens is 419 g/mol. The minimum Gasteiger partial charge on any atom is -0.377 e. The summed E-state index contributed by atoms with van der Waals surface area (Å²) < 4.78 is 20.4. The predicted octanol–water partition coefficient (Wildman–Crippen LogP) is 1.58. The molecule has 0 saturated carbocycles. The molecule has 162 valence electrons. The summed E-state index contributed by atoms with van der Waals surface area (Å²) in [5, 5.41) is 4.31. The maximum atomic E-state index is 14.4. The Bertz CT molecular complexity index is 1520. The Hall–Kier alpha value is -4.53. The summed E-state index contributed by atoms with van der Waals surface area (Å²) >= 11 is 0. The summed E-state index contributed by atoms with van der Waals surface area (Å²) in [6.45, 7) is 1.44. The number of hydrogen-bond donors (Lipinski definition) is 1. The second-order valence-electron chi connectivity index (χ2n) is 7.70. The summed E-state index contributed by atoms with van der Waals surface area (Å²) in [5.74, 6) is 1.78. The lowest BCUT2D eigenvalue weighted by molar-refractivity contribution is 0.101. The highest BCUT2D eigenvalue weighted by molar-refractivity contribution is 6.06. The molecule has 1 amide bonds. The fourth-order valence-electron chi connectivity index (χ4n) is 3.27. The standard InChI is InChI=1S/C26H20FN4O2/c1-17(32)18-5-4-6-20(13-18)26(33)29-21-7-9-23(27)19(14-21)11-12-31-16-28-24-15-22(30(2)3)8-10-25(24)31/h4-10,13-16H,1-3H3/q+1/p+1. The van der Waals surface area contributed by atoms with Gasteiger partial charge in [-0.3, -0.25) is 9.59 Å². The van der Waals surface area contributed by atoms with Crippen molar-refractivity contribution in [2.24, 2.45) is 0 Å². The number of carbonyl (C=O) groups excluding carboxylic acids is 2. The Morgan fingerprint density at radius 1 is 1.03 bits per heavy atom. The molecule has 0 aromatic heterocycles. The third-order valence-electron chi connectivity index (χ3n) is 5.11. The first-order valence-electron chi connectivity index (χ1n) is 10.2. The van der Waals surface area contributed by atoms with Crippen LogP contribution < -0.4 is 30.2 Å². The number of halogens is 1. The first-order chi connectivity index (χ1) is 15.8. The molecule has 0 radical (unpaired) electrons. The van der Waals surface area contributed by atoms with Crippen molar-refractivity contribution in [3.8, 4) is 12.0 Å². The van der Waals surface area contributed by atoms with Crippen molar-refractivity contribution in [1.29, 1.82) is 0 Å². The number of anilines is 2. The smallest absolute Gasteiger partial charge is 0.377 e. The van der Waals surface area contributed by atoms with Gasteiger partial charge in [-0.1, -0.05) is 12.1 Å².